The lowest BCUT2D eigenvalue weighted by atomic mass is 10.0. The van der Waals surface area contributed by atoms with Gasteiger partial charge in [0.1, 0.15) is 11.5 Å². The van der Waals surface area contributed by atoms with Crippen LogP contribution < -0.4 is 8.85 Å². The van der Waals surface area contributed by atoms with Crippen molar-refractivity contribution in [2.45, 2.75) is 90.6 Å². The van der Waals surface area contributed by atoms with Crippen LogP contribution in [0.25, 0.3) is 0 Å². The van der Waals surface area contributed by atoms with Gasteiger partial charge in [-0.1, -0.05) is 63.5 Å². The highest BCUT2D eigenvalue weighted by Crippen LogP contribution is 2.41. The molecule has 34 heavy (non-hydrogen) atoms. The Labute approximate surface area is 216 Å². The molecule has 0 spiro atoms. The smallest absolute Gasteiger partial charge is 0.335 e. The van der Waals surface area contributed by atoms with E-state index in [1.807, 2.05) is 12.1 Å². The summed E-state index contributed by atoms with van der Waals surface area (Å²) >= 11 is 3.55. The second kappa shape index (κ2) is 10.2. The molecule has 0 unspecified atom stereocenters. The van der Waals surface area contributed by atoms with Crippen LogP contribution in [0.15, 0.2) is 40.9 Å². The van der Waals surface area contributed by atoms with Crippen molar-refractivity contribution in [1.82, 2.24) is 0 Å². The first-order chi connectivity index (χ1) is 15.3. The van der Waals surface area contributed by atoms with Crippen molar-refractivity contribution in [2.24, 2.45) is 0 Å². The molecule has 0 aliphatic rings. The molecule has 4 nitrogen and oxygen atoms in total. The van der Waals surface area contributed by atoms with E-state index >= 15 is 0 Å². The minimum absolute atomic E-state index is 0.0935. The molecular weight excluding hydrogens is 524 g/mol. The largest absolute Gasteiger partial charge is 0.543 e. The van der Waals surface area contributed by atoms with Gasteiger partial charge >= 0.3 is 5.97 Å². The van der Waals surface area contributed by atoms with Gasteiger partial charge in [0.25, 0.3) is 0 Å². The van der Waals surface area contributed by atoms with Crippen molar-refractivity contribution in [3.05, 3.63) is 57.6 Å². The topological polar surface area (TPSA) is 55.8 Å². The van der Waals surface area contributed by atoms with Gasteiger partial charge < -0.3 is 14.0 Å². The Morgan fingerprint density at radius 3 is 1.85 bits per heavy atom. The Balaban J connectivity index is 2.41. The van der Waals surface area contributed by atoms with E-state index < -0.39 is 22.6 Å². The molecule has 0 aliphatic heterocycles. The number of rotatable bonds is 8. The van der Waals surface area contributed by atoms with Crippen LogP contribution in [0.3, 0.4) is 0 Å². The third-order valence-electron chi connectivity index (χ3n) is 7.35. The van der Waals surface area contributed by atoms with Crippen molar-refractivity contribution in [1.29, 1.82) is 0 Å². The van der Waals surface area contributed by atoms with E-state index in [1.54, 1.807) is 12.1 Å². The molecule has 0 radical (unpaired) electrons. The summed E-state index contributed by atoms with van der Waals surface area (Å²) in [6.45, 7) is 22.5. The maximum atomic E-state index is 11.3. The highest BCUT2D eigenvalue weighted by molar-refractivity contribution is 9.10. The number of hydrogen-bond donors (Lipinski definition) is 1. The van der Waals surface area contributed by atoms with E-state index in [9.17, 15) is 9.90 Å². The van der Waals surface area contributed by atoms with Gasteiger partial charge in [0.05, 0.1) is 5.56 Å². The van der Waals surface area contributed by atoms with Crippen molar-refractivity contribution < 1.29 is 18.8 Å². The van der Waals surface area contributed by atoms with Gasteiger partial charge in [-0.25, -0.2) is 4.79 Å². The van der Waals surface area contributed by atoms with Crippen molar-refractivity contribution >= 4 is 38.5 Å². The summed E-state index contributed by atoms with van der Waals surface area (Å²) in [4.78, 5) is 11.3. The third-order valence-corrected chi connectivity index (χ3v) is 16.8. The van der Waals surface area contributed by atoms with Gasteiger partial charge in [0.15, 0.2) is 0 Å². The number of benzene rings is 2. The van der Waals surface area contributed by atoms with Gasteiger partial charge in [-0.05, 0) is 90.6 Å². The fourth-order valence-electron chi connectivity index (χ4n) is 2.94. The van der Waals surface area contributed by atoms with Crippen molar-refractivity contribution in [3.63, 3.8) is 0 Å². The zero-order valence-corrected chi connectivity index (χ0v) is 26.0. The molecule has 0 fully saturated rings. The third kappa shape index (κ3) is 6.98. The average molecular weight is 566 g/mol. The molecule has 2 aromatic rings. The van der Waals surface area contributed by atoms with Crippen LogP contribution in [0.2, 0.25) is 36.3 Å². The number of aromatic carboxylic acids is 1. The molecule has 7 heteroatoms. The van der Waals surface area contributed by atoms with E-state index in [-0.39, 0.29) is 15.6 Å². The first-order valence-electron chi connectivity index (χ1n) is 11.9. The van der Waals surface area contributed by atoms with E-state index in [2.05, 4.69) is 95.8 Å². The highest BCUT2D eigenvalue weighted by Gasteiger charge is 2.40. The normalized spacial score (nSPS) is 13.0. The number of hydrogen-bond acceptors (Lipinski definition) is 3. The number of carboxylic acid groups (broad SMARTS) is 1. The van der Waals surface area contributed by atoms with Crippen LogP contribution in [0, 0.1) is 0 Å². The van der Waals surface area contributed by atoms with Gasteiger partial charge in [0, 0.05) is 4.47 Å². The Hall–Kier alpha value is -1.58. The predicted octanol–water partition coefficient (Wildman–Crippen LogP) is 8.70. The second-order valence-electron chi connectivity index (χ2n) is 12.1. The number of halogens is 1. The molecule has 0 heterocycles. The fourth-order valence-corrected chi connectivity index (χ4v) is 5.60. The summed E-state index contributed by atoms with van der Waals surface area (Å²) < 4.78 is 14.1. The van der Waals surface area contributed by atoms with E-state index in [4.69, 9.17) is 8.85 Å². The lowest BCUT2D eigenvalue weighted by Gasteiger charge is -2.38. The maximum Gasteiger partial charge on any atom is 0.335 e. The maximum absolute atomic E-state index is 11.3. The van der Waals surface area contributed by atoms with E-state index in [0.29, 0.717) is 0 Å². The monoisotopic (exact) mass is 564 g/mol. The number of carboxylic acids is 1. The summed E-state index contributed by atoms with van der Waals surface area (Å²) in [6, 6.07) is 11.5. The molecule has 0 saturated carbocycles. The zero-order valence-electron chi connectivity index (χ0n) is 22.4. The minimum atomic E-state index is -2.02. The Morgan fingerprint density at radius 1 is 0.824 bits per heavy atom. The minimum Gasteiger partial charge on any atom is -0.543 e. The van der Waals surface area contributed by atoms with Crippen LogP contribution in [0.1, 0.15) is 63.0 Å². The molecule has 2 aromatic carbocycles. The highest BCUT2D eigenvalue weighted by atomic mass is 79.9. The zero-order chi connectivity index (χ0) is 26.1. The van der Waals surface area contributed by atoms with Gasteiger partial charge in [-0.3, -0.25) is 0 Å². The lowest BCUT2D eigenvalue weighted by Crippen LogP contribution is -2.44. The molecule has 0 saturated heterocycles. The molecular formula is C27H41BrO4Si2. The molecule has 0 aromatic heterocycles. The Morgan fingerprint density at radius 2 is 1.35 bits per heavy atom. The van der Waals surface area contributed by atoms with Gasteiger partial charge in [0.2, 0.25) is 16.6 Å². The summed E-state index contributed by atoms with van der Waals surface area (Å²) in [7, 11) is -3.99. The first-order valence-corrected chi connectivity index (χ1v) is 18.5. The summed E-state index contributed by atoms with van der Waals surface area (Å²) in [5, 5.41) is 9.46. The molecule has 188 valence electrons. The molecule has 0 amide bonds. The summed E-state index contributed by atoms with van der Waals surface area (Å²) in [5.74, 6) is 0.893. The number of aryl methyl sites for hydroxylation is 2. The SMILES string of the molecule is CC(C)(C)[Si](C)(C)Oc1ccc(O[Si](C)(C)C(C)(C)C)c(CCc2ccc(C(=O)O)cc2Br)c1. The van der Waals surface area contributed by atoms with Crippen LogP contribution >= 0.6 is 15.9 Å². The molecule has 0 bridgehead atoms. The average Bonchev–Trinajstić information content (AvgIpc) is 2.66. The van der Waals surface area contributed by atoms with Crippen LogP contribution in [0.4, 0.5) is 0 Å². The second-order valence-corrected chi connectivity index (χ2v) is 22.4. The summed E-state index contributed by atoms with van der Waals surface area (Å²) in [6.07, 6.45) is 1.53. The van der Waals surface area contributed by atoms with Crippen LogP contribution in [-0.4, -0.2) is 27.7 Å². The predicted molar refractivity (Wildman–Crippen MR) is 151 cm³/mol. The van der Waals surface area contributed by atoms with E-state index in [0.717, 1.165) is 39.9 Å². The van der Waals surface area contributed by atoms with E-state index in [1.165, 1.54) is 0 Å². The van der Waals surface area contributed by atoms with Crippen molar-refractivity contribution in [2.75, 3.05) is 0 Å². The lowest BCUT2D eigenvalue weighted by molar-refractivity contribution is 0.0696. The summed E-state index contributed by atoms with van der Waals surface area (Å²) in [5.41, 5.74) is 2.47. The Bertz CT molecular complexity index is 1030. The first kappa shape index (κ1) is 28.7. The van der Waals surface area contributed by atoms with Gasteiger partial charge in [-0.15, -0.1) is 0 Å². The Kier molecular flexibility index (Phi) is 8.59. The quantitative estimate of drug-likeness (QED) is 0.325. The molecule has 2 rings (SSSR count). The standard InChI is InChI=1S/C27H41BrO4Si2/c1-26(2,3)33(7,8)31-22-15-16-24(32-34(9,10)27(4,5)6)20(17-22)13-11-19-12-14-21(25(29)30)18-23(19)28/h12,14-18H,11,13H2,1-10H3,(H,29,30). The molecule has 0 atom stereocenters. The molecule has 0 aliphatic carbocycles. The van der Waals surface area contributed by atoms with Gasteiger partial charge in [-0.2, -0.15) is 0 Å². The van der Waals surface area contributed by atoms with Crippen LogP contribution in [0.5, 0.6) is 11.5 Å². The van der Waals surface area contributed by atoms with Crippen molar-refractivity contribution in [3.8, 4) is 11.5 Å². The number of carbonyl (C=O) groups is 1. The fraction of sp³-hybridized carbons (Fsp3) is 0.519. The molecule has 1 N–H and O–H groups in total. The van der Waals surface area contributed by atoms with Crippen LogP contribution in [-0.2, 0) is 12.8 Å².